The average Bonchev–Trinajstić information content (AvgIpc) is 3.05. The summed E-state index contributed by atoms with van der Waals surface area (Å²) in [5.74, 6) is -0.165. The van der Waals surface area contributed by atoms with Crippen LogP contribution in [0.2, 0.25) is 10.0 Å². The monoisotopic (exact) mass is 370 g/mol. The van der Waals surface area contributed by atoms with Crippen molar-refractivity contribution in [2.24, 2.45) is 0 Å². The second-order valence-corrected chi connectivity index (χ2v) is 7.07. The molecular formula is C17H20Cl2N2O3. The van der Waals surface area contributed by atoms with Gasteiger partial charge in [0.2, 0.25) is 5.91 Å². The van der Waals surface area contributed by atoms with Crippen LogP contribution >= 0.6 is 23.2 Å². The number of benzene rings is 1. The van der Waals surface area contributed by atoms with E-state index in [2.05, 4.69) is 0 Å². The molecular weight excluding hydrogens is 351 g/mol. The van der Waals surface area contributed by atoms with Gasteiger partial charge in [-0.1, -0.05) is 23.2 Å². The van der Waals surface area contributed by atoms with E-state index in [0.29, 0.717) is 48.3 Å². The van der Waals surface area contributed by atoms with Crippen LogP contribution in [0.5, 0.6) is 0 Å². The fourth-order valence-electron chi connectivity index (χ4n) is 3.29. The molecule has 0 unspecified atom stereocenters. The van der Waals surface area contributed by atoms with Gasteiger partial charge in [0.05, 0.1) is 22.8 Å². The Morgan fingerprint density at radius 3 is 2.71 bits per heavy atom. The van der Waals surface area contributed by atoms with Crippen LogP contribution in [0.3, 0.4) is 0 Å². The van der Waals surface area contributed by atoms with Gasteiger partial charge in [0.1, 0.15) is 6.04 Å². The van der Waals surface area contributed by atoms with E-state index in [1.54, 1.807) is 28.0 Å². The summed E-state index contributed by atoms with van der Waals surface area (Å²) in [5.41, 5.74) is 0.458. The maximum Gasteiger partial charge on any atom is 0.254 e. The number of ether oxygens (including phenoxy) is 1. The minimum absolute atomic E-state index is 0.0102. The average molecular weight is 371 g/mol. The van der Waals surface area contributed by atoms with Crippen LogP contribution in [-0.2, 0) is 9.53 Å². The molecule has 0 aliphatic carbocycles. The molecule has 0 spiro atoms. The molecule has 1 aromatic rings. The fraction of sp³-hybridized carbons (Fsp3) is 0.529. The number of likely N-dealkylation sites (tertiary alicyclic amines) is 1. The molecule has 3 rings (SSSR count). The summed E-state index contributed by atoms with van der Waals surface area (Å²) in [6.07, 6.45) is 1.55. The van der Waals surface area contributed by atoms with E-state index in [0.717, 1.165) is 6.42 Å². The van der Waals surface area contributed by atoms with Gasteiger partial charge in [-0.15, -0.1) is 0 Å². The molecule has 2 aliphatic rings. The molecule has 2 aliphatic heterocycles. The molecule has 0 radical (unpaired) electrons. The third kappa shape index (κ3) is 3.53. The molecule has 2 saturated heterocycles. The molecule has 2 fully saturated rings. The van der Waals surface area contributed by atoms with Gasteiger partial charge in [-0.2, -0.15) is 0 Å². The van der Waals surface area contributed by atoms with Crippen LogP contribution in [0.4, 0.5) is 0 Å². The maximum absolute atomic E-state index is 12.8. The van der Waals surface area contributed by atoms with Crippen LogP contribution in [0.25, 0.3) is 0 Å². The third-order valence-electron chi connectivity index (χ3n) is 4.52. The molecule has 2 atom stereocenters. The highest BCUT2D eigenvalue weighted by molar-refractivity contribution is 6.42. The zero-order valence-electron chi connectivity index (χ0n) is 13.5. The Bertz CT molecular complexity index is 653. The number of rotatable bonds is 2. The molecule has 5 nitrogen and oxygen atoms in total. The van der Waals surface area contributed by atoms with E-state index in [1.165, 1.54) is 0 Å². The number of hydrogen-bond acceptors (Lipinski definition) is 3. The Morgan fingerprint density at radius 2 is 2.00 bits per heavy atom. The van der Waals surface area contributed by atoms with Crippen molar-refractivity contribution in [3.05, 3.63) is 33.8 Å². The summed E-state index contributed by atoms with van der Waals surface area (Å²) in [5, 5.41) is 0.746. The standard InChI is InChI=1S/C17H20Cl2N2O3/c1-11-10-20(7-8-24-11)17(23)15-3-2-6-21(15)16(22)12-4-5-13(18)14(19)9-12/h4-5,9,11,15H,2-3,6-8,10H2,1H3/t11-,15-/m1/s1. The van der Waals surface area contributed by atoms with Crippen molar-refractivity contribution in [1.29, 1.82) is 0 Å². The first kappa shape index (κ1) is 17.5. The summed E-state index contributed by atoms with van der Waals surface area (Å²) in [6, 6.07) is 4.40. The number of hydrogen-bond donors (Lipinski definition) is 0. The Labute approximate surface area is 151 Å². The molecule has 0 aromatic heterocycles. The summed E-state index contributed by atoms with van der Waals surface area (Å²) >= 11 is 11.9. The highest BCUT2D eigenvalue weighted by atomic mass is 35.5. The topological polar surface area (TPSA) is 49.9 Å². The summed E-state index contributed by atoms with van der Waals surface area (Å²) in [7, 11) is 0. The van der Waals surface area contributed by atoms with Gasteiger partial charge in [0.25, 0.3) is 5.91 Å². The minimum Gasteiger partial charge on any atom is -0.375 e. The number of carbonyl (C=O) groups excluding carboxylic acids is 2. The van der Waals surface area contributed by atoms with Crippen molar-refractivity contribution in [2.75, 3.05) is 26.2 Å². The second-order valence-electron chi connectivity index (χ2n) is 6.25. The van der Waals surface area contributed by atoms with E-state index in [4.69, 9.17) is 27.9 Å². The number of carbonyl (C=O) groups is 2. The van der Waals surface area contributed by atoms with Crippen molar-refractivity contribution in [3.63, 3.8) is 0 Å². The van der Waals surface area contributed by atoms with Crippen molar-refractivity contribution >= 4 is 35.0 Å². The number of amides is 2. The first-order chi connectivity index (χ1) is 11.5. The normalized spacial score (nSPS) is 24.3. The predicted octanol–water partition coefficient (Wildman–Crippen LogP) is 2.85. The molecule has 7 heteroatoms. The van der Waals surface area contributed by atoms with E-state index in [1.807, 2.05) is 6.92 Å². The van der Waals surface area contributed by atoms with Crippen LogP contribution in [0.15, 0.2) is 18.2 Å². The third-order valence-corrected chi connectivity index (χ3v) is 5.26. The Hall–Kier alpha value is -1.30. The lowest BCUT2D eigenvalue weighted by molar-refractivity contribution is -0.142. The zero-order valence-corrected chi connectivity index (χ0v) is 15.0. The van der Waals surface area contributed by atoms with E-state index >= 15 is 0 Å². The van der Waals surface area contributed by atoms with Gasteiger partial charge >= 0.3 is 0 Å². The van der Waals surface area contributed by atoms with Crippen molar-refractivity contribution in [2.45, 2.75) is 31.9 Å². The first-order valence-electron chi connectivity index (χ1n) is 8.14. The van der Waals surface area contributed by atoms with Crippen LogP contribution in [0.1, 0.15) is 30.1 Å². The van der Waals surface area contributed by atoms with E-state index in [9.17, 15) is 9.59 Å². The highest BCUT2D eigenvalue weighted by Crippen LogP contribution is 2.26. The highest BCUT2D eigenvalue weighted by Gasteiger charge is 2.38. The SMILES string of the molecule is C[C@@H]1CN(C(=O)[C@H]2CCCN2C(=O)c2ccc(Cl)c(Cl)c2)CCO1. The molecule has 2 amide bonds. The quantitative estimate of drug-likeness (QED) is 0.803. The lowest BCUT2D eigenvalue weighted by atomic mass is 10.1. The molecule has 0 N–H and O–H groups in total. The van der Waals surface area contributed by atoms with Crippen LogP contribution in [0, 0.1) is 0 Å². The van der Waals surface area contributed by atoms with Gasteiger partial charge in [-0.3, -0.25) is 9.59 Å². The van der Waals surface area contributed by atoms with Gasteiger partial charge < -0.3 is 14.5 Å². The maximum atomic E-state index is 12.8. The largest absolute Gasteiger partial charge is 0.375 e. The zero-order chi connectivity index (χ0) is 17.3. The summed E-state index contributed by atoms with van der Waals surface area (Å²) in [6.45, 7) is 4.22. The minimum atomic E-state index is -0.405. The lowest BCUT2D eigenvalue weighted by Crippen LogP contribution is -2.52. The second kappa shape index (κ2) is 7.30. The number of nitrogens with zero attached hydrogens (tertiary/aromatic N) is 2. The Morgan fingerprint density at radius 1 is 1.21 bits per heavy atom. The molecule has 130 valence electrons. The molecule has 0 bridgehead atoms. The smallest absolute Gasteiger partial charge is 0.254 e. The fourth-order valence-corrected chi connectivity index (χ4v) is 3.59. The summed E-state index contributed by atoms with van der Waals surface area (Å²) in [4.78, 5) is 29.1. The van der Waals surface area contributed by atoms with Gasteiger partial charge in [0, 0.05) is 25.2 Å². The molecule has 2 heterocycles. The first-order valence-corrected chi connectivity index (χ1v) is 8.89. The number of halogens is 2. The van der Waals surface area contributed by atoms with Crippen molar-refractivity contribution < 1.29 is 14.3 Å². The van der Waals surface area contributed by atoms with Crippen molar-refractivity contribution in [3.8, 4) is 0 Å². The number of morpholine rings is 1. The van der Waals surface area contributed by atoms with Crippen LogP contribution in [-0.4, -0.2) is 60.0 Å². The predicted molar refractivity (Wildman–Crippen MR) is 92.5 cm³/mol. The van der Waals surface area contributed by atoms with E-state index in [-0.39, 0.29) is 17.9 Å². The lowest BCUT2D eigenvalue weighted by Gasteiger charge is -2.35. The Kier molecular flexibility index (Phi) is 5.33. The molecule has 24 heavy (non-hydrogen) atoms. The van der Waals surface area contributed by atoms with Crippen molar-refractivity contribution in [1.82, 2.24) is 9.80 Å². The summed E-state index contributed by atoms with van der Waals surface area (Å²) < 4.78 is 5.49. The van der Waals surface area contributed by atoms with Crippen LogP contribution < -0.4 is 0 Å². The molecule has 0 saturated carbocycles. The van der Waals surface area contributed by atoms with Gasteiger partial charge in [0.15, 0.2) is 0 Å². The molecule has 1 aromatic carbocycles. The van der Waals surface area contributed by atoms with E-state index < -0.39 is 6.04 Å². The van der Waals surface area contributed by atoms with Gasteiger partial charge in [-0.05, 0) is 38.0 Å². The Balaban J connectivity index is 1.75. The van der Waals surface area contributed by atoms with Gasteiger partial charge in [-0.25, -0.2) is 0 Å².